The van der Waals surface area contributed by atoms with Gasteiger partial charge in [0.1, 0.15) is 11.6 Å². The minimum Gasteiger partial charge on any atom is -0.382 e. The summed E-state index contributed by atoms with van der Waals surface area (Å²) in [6.07, 6.45) is 0. The standard InChI is InChI=1S/C18H17FN4/c1-10-8-14(9-11(2)21-10)17-16(23-18(20)12(3)22-17)13-4-6-15(19)7-5-13/h4-9H,1-3H3,(H2,20,23). The van der Waals surface area contributed by atoms with Crippen molar-refractivity contribution in [2.24, 2.45) is 0 Å². The van der Waals surface area contributed by atoms with Crippen LogP contribution in [-0.4, -0.2) is 15.0 Å². The maximum absolute atomic E-state index is 13.2. The van der Waals surface area contributed by atoms with Gasteiger partial charge in [-0.1, -0.05) is 0 Å². The number of anilines is 1. The van der Waals surface area contributed by atoms with Gasteiger partial charge in [0.15, 0.2) is 0 Å². The highest BCUT2D eigenvalue weighted by Gasteiger charge is 2.14. The summed E-state index contributed by atoms with van der Waals surface area (Å²) in [6.45, 7) is 5.69. The van der Waals surface area contributed by atoms with E-state index in [2.05, 4.69) is 15.0 Å². The van der Waals surface area contributed by atoms with E-state index in [0.29, 0.717) is 17.2 Å². The highest BCUT2D eigenvalue weighted by Crippen LogP contribution is 2.31. The molecule has 0 bridgehead atoms. The molecule has 0 saturated heterocycles. The zero-order valence-electron chi connectivity index (χ0n) is 13.3. The average molecular weight is 308 g/mol. The second kappa shape index (κ2) is 5.76. The van der Waals surface area contributed by atoms with E-state index < -0.39 is 0 Å². The average Bonchev–Trinajstić information content (AvgIpc) is 2.49. The summed E-state index contributed by atoms with van der Waals surface area (Å²) >= 11 is 0. The highest BCUT2D eigenvalue weighted by molar-refractivity contribution is 5.79. The van der Waals surface area contributed by atoms with Crippen LogP contribution < -0.4 is 5.73 Å². The van der Waals surface area contributed by atoms with Crippen molar-refractivity contribution in [3.05, 3.63) is 59.3 Å². The number of pyridine rings is 1. The normalized spacial score (nSPS) is 10.8. The molecule has 116 valence electrons. The molecule has 3 aromatic rings. The van der Waals surface area contributed by atoms with Crippen LogP contribution in [0.3, 0.4) is 0 Å². The summed E-state index contributed by atoms with van der Waals surface area (Å²) < 4.78 is 13.2. The number of nitrogen functional groups attached to an aromatic ring is 1. The number of nitrogens with zero attached hydrogens (tertiary/aromatic N) is 3. The molecule has 5 heteroatoms. The second-order valence-corrected chi connectivity index (χ2v) is 5.54. The van der Waals surface area contributed by atoms with Crippen molar-refractivity contribution in [1.29, 1.82) is 0 Å². The molecule has 2 aromatic heterocycles. The number of halogens is 1. The molecule has 2 heterocycles. The number of hydrogen-bond donors (Lipinski definition) is 1. The van der Waals surface area contributed by atoms with Crippen LogP contribution in [-0.2, 0) is 0 Å². The van der Waals surface area contributed by atoms with Crippen LogP contribution in [0.5, 0.6) is 0 Å². The molecule has 0 atom stereocenters. The molecule has 1 aromatic carbocycles. The van der Waals surface area contributed by atoms with Crippen LogP contribution >= 0.6 is 0 Å². The maximum Gasteiger partial charge on any atom is 0.145 e. The molecule has 3 rings (SSSR count). The van der Waals surface area contributed by atoms with Crippen molar-refractivity contribution in [3.63, 3.8) is 0 Å². The summed E-state index contributed by atoms with van der Waals surface area (Å²) in [5, 5.41) is 0. The van der Waals surface area contributed by atoms with Crippen LogP contribution in [0.25, 0.3) is 22.5 Å². The highest BCUT2D eigenvalue weighted by atomic mass is 19.1. The Kier molecular flexibility index (Phi) is 3.78. The first-order chi connectivity index (χ1) is 10.9. The Labute approximate surface area is 134 Å². The minimum absolute atomic E-state index is 0.293. The van der Waals surface area contributed by atoms with Crippen molar-refractivity contribution < 1.29 is 4.39 Å². The number of aromatic nitrogens is 3. The molecule has 4 nitrogen and oxygen atoms in total. The fraction of sp³-hybridized carbons (Fsp3) is 0.167. The molecule has 0 aliphatic carbocycles. The fourth-order valence-electron chi connectivity index (χ4n) is 2.51. The van der Waals surface area contributed by atoms with Crippen molar-refractivity contribution in [2.45, 2.75) is 20.8 Å². The van der Waals surface area contributed by atoms with Gasteiger partial charge in [0.25, 0.3) is 0 Å². The van der Waals surface area contributed by atoms with Crippen LogP contribution in [0, 0.1) is 26.6 Å². The predicted octanol–water partition coefficient (Wildman–Crippen LogP) is 3.85. The molecule has 0 unspecified atom stereocenters. The van der Waals surface area contributed by atoms with Gasteiger partial charge in [-0.3, -0.25) is 4.98 Å². The third kappa shape index (κ3) is 3.04. The number of aryl methyl sites for hydroxylation is 3. The molecule has 0 fully saturated rings. The van der Waals surface area contributed by atoms with Crippen LogP contribution in [0.2, 0.25) is 0 Å². The Bertz CT molecular complexity index is 853. The Morgan fingerprint density at radius 3 is 1.96 bits per heavy atom. The second-order valence-electron chi connectivity index (χ2n) is 5.54. The first-order valence-electron chi connectivity index (χ1n) is 7.30. The van der Waals surface area contributed by atoms with E-state index in [1.165, 1.54) is 12.1 Å². The number of benzene rings is 1. The summed E-state index contributed by atoms with van der Waals surface area (Å²) in [5.41, 5.74) is 11.5. The Hall–Kier alpha value is -2.82. The topological polar surface area (TPSA) is 64.7 Å². The minimum atomic E-state index is -0.293. The molecule has 2 N–H and O–H groups in total. The van der Waals surface area contributed by atoms with Gasteiger partial charge in [-0.25, -0.2) is 14.4 Å². The summed E-state index contributed by atoms with van der Waals surface area (Å²) in [7, 11) is 0. The van der Waals surface area contributed by atoms with Gasteiger partial charge < -0.3 is 5.73 Å². The van der Waals surface area contributed by atoms with Crippen LogP contribution in [0.1, 0.15) is 17.1 Å². The van der Waals surface area contributed by atoms with Crippen molar-refractivity contribution >= 4 is 5.82 Å². The lowest BCUT2D eigenvalue weighted by atomic mass is 10.0. The van der Waals surface area contributed by atoms with Crippen molar-refractivity contribution in [2.75, 3.05) is 5.73 Å². The Morgan fingerprint density at radius 2 is 1.35 bits per heavy atom. The number of rotatable bonds is 2. The lowest BCUT2D eigenvalue weighted by Gasteiger charge is -2.12. The molecule has 0 aliphatic rings. The molecule has 0 spiro atoms. The van der Waals surface area contributed by atoms with Gasteiger partial charge in [0.2, 0.25) is 0 Å². The van der Waals surface area contributed by atoms with Gasteiger partial charge in [0.05, 0.1) is 17.1 Å². The smallest absolute Gasteiger partial charge is 0.145 e. The van der Waals surface area contributed by atoms with Crippen LogP contribution in [0.15, 0.2) is 36.4 Å². The van der Waals surface area contributed by atoms with Gasteiger partial charge in [-0.05, 0) is 57.2 Å². The maximum atomic E-state index is 13.2. The van der Waals surface area contributed by atoms with Gasteiger partial charge in [0, 0.05) is 22.5 Å². The van der Waals surface area contributed by atoms with Crippen molar-refractivity contribution in [3.8, 4) is 22.5 Å². The number of hydrogen-bond acceptors (Lipinski definition) is 4. The quantitative estimate of drug-likeness (QED) is 0.781. The first-order valence-corrected chi connectivity index (χ1v) is 7.30. The van der Waals surface area contributed by atoms with E-state index in [4.69, 9.17) is 5.73 Å². The van der Waals surface area contributed by atoms with Gasteiger partial charge in [-0.2, -0.15) is 0 Å². The molecular weight excluding hydrogens is 291 g/mol. The molecule has 0 radical (unpaired) electrons. The lowest BCUT2D eigenvalue weighted by molar-refractivity contribution is 0.628. The van der Waals surface area contributed by atoms with E-state index in [1.807, 2.05) is 32.9 Å². The Morgan fingerprint density at radius 1 is 0.783 bits per heavy atom. The number of nitrogens with two attached hydrogens (primary N) is 1. The van der Waals surface area contributed by atoms with Gasteiger partial charge in [-0.15, -0.1) is 0 Å². The monoisotopic (exact) mass is 308 g/mol. The molecule has 0 saturated carbocycles. The van der Waals surface area contributed by atoms with E-state index in [0.717, 1.165) is 28.2 Å². The summed E-state index contributed by atoms with van der Waals surface area (Å²) in [6, 6.07) is 10.1. The fourth-order valence-corrected chi connectivity index (χ4v) is 2.51. The largest absolute Gasteiger partial charge is 0.382 e. The van der Waals surface area contributed by atoms with E-state index in [1.54, 1.807) is 12.1 Å². The summed E-state index contributed by atoms with van der Waals surface area (Å²) in [5.74, 6) is 0.0783. The Balaban J connectivity index is 2.26. The zero-order chi connectivity index (χ0) is 16.6. The molecular formula is C18H17FN4. The molecule has 0 amide bonds. The van der Waals surface area contributed by atoms with Crippen LogP contribution in [0.4, 0.5) is 10.2 Å². The first kappa shape index (κ1) is 15.1. The van der Waals surface area contributed by atoms with Crippen molar-refractivity contribution in [1.82, 2.24) is 15.0 Å². The molecule has 0 aliphatic heterocycles. The van der Waals surface area contributed by atoms with Gasteiger partial charge >= 0.3 is 0 Å². The van der Waals surface area contributed by atoms with E-state index >= 15 is 0 Å². The van der Waals surface area contributed by atoms with E-state index in [9.17, 15) is 4.39 Å². The third-order valence-electron chi connectivity index (χ3n) is 3.58. The summed E-state index contributed by atoms with van der Waals surface area (Å²) in [4.78, 5) is 13.5. The molecule has 23 heavy (non-hydrogen) atoms. The zero-order valence-corrected chi connectivity index (χ0v) is 13.3. The third-order valence-corrected chi connectivity index (χ3v) is 3.58. The lowest BCUT2D eigenvalue weighted by Crippen LogP contribution is -2.03. The SMILES string of the molecule is Cc1cc(-c2nc(C)c(N)nc2-c2ccc(F)cc2)cc(C)n1. The van der Waals surface area contributed by atoms with E-state index in [-0.39, 0.29) is 5.82 Å². The predicted molar refractivity (Wildman–Crippen MR) is 89.3 cm³/mol.